The minimum atomic E-state index is 0.00292. The molecule has 0 aliphatic heterocycles. The number of nitrogens with zero attached hydrogens (tertiary/aromatic N) is 3. The van der Waals surface area contributed by atoms with Crippen molar-refractivity contribution >= 4 is 28.2 Å². The summed E-state index contributed by atoms with van der Waals surface area (Å²) in [5.74, 6) is 1.21. The van der Waals surface area contributed by atoms with E-state index < -0.39 is 0 Å². The van der Waals surface area contributed by atoms with Gasteiger partial charge in [-0.05, 0) is 18.8 Å². The van der Waals surface area contributed by atoms with Crippen molar-refractivity contribution in [2.24, 2.45) is 11.8 Å². The Balaban J connectivity index is 3.00. The second-order valence-electron chi connectivity index (χ2n) is 6.22. The number of carbonyl (C=O) groups excluding carboxylic acids is 1. The fourth-order valence-electron chi connectivity index (χ4n) is 2.04. The third-order valence-electron chi connectivity index (χ3n) is 3.10. The Morgan fingerprint density at radius 3 is 2.19 bits per heavy atom. The van der Waals surface area contributed by atoms with Crippen molar-refractivity contribution in [1.82, 2.24) is 9.88 Å². The van der Waals surface area contributed by atoms with Gasteiger partial charge in [0, 0.05) is 26.7 Å². The summed E-state index contributed by atoms with van der Waals surface area (Å²) in [6, 6.07) is 0. The summed E-state index contributed by atoms with van der Waals surface area (Å²) in [7, 11) is 1.95. The minimum Gasteiger partial charge on any atom is -0.382 e. The van der Waals surface area contributed by atoms with Gasteiger partial charge in [-0.15, -0.1) is 0 Å². The SMILES string of the molecule is CCN(C)c1nc(N)c(C(=O)N(CC(C)C)CC(C)C)s1. The molecule has 1 rings (SSSR count). The lowest BCUT2D eigenvalue weighted by Gasteiger charge is -2.26. The Labute approximate surface area is 132 Å². The average Bonchev–Trinajstić information content (AvgIpc) is 2.77. The minimum absolute atomic E-state index is 0.00292. The molecule has 1 aromatic heterocycles. The van der Waals surface area contributed by atoms with Crippen LogP contribution in [0.5, 0.6) is 0 Å². The Bertz CT molecular complexity index is 460. The molecular formula is C15H28N4OS. The van der Waals surface area contributed by atoms with Gasteiger partial charge in [0.2, 0.25) is 0 Å². The van der Waals surface area contributed by atoms with Gasteiger partial charge in [-0.25, -0.2) is 4.98 Å². The topological polar surface area (TPSA) is 62.5 Å². The van der Waals surface area contributed by atoms with Gasteiger partial charge in [-0.1, -0.05) is 39.0 Å². The molecule has 0 unspecified atom stereocenters. The molecular weight excluding hydrogens is 284 g/mol. The highest BCUT2D eigenvalue weighted by Gasteiger charge is 2.24. The van der Waals surface area contributed by atoms with Crippen LogP contribution in [0.3, 0.4) is 0 Å². The van der Waals surface area contributed by atoms with Gasteiger partial charge in [-0.3, -0.25) is 4.79 Å². The van der Waals surface area contributed by atoms with Gasteiger partial charge in [0.15, 0.2) is 5.13 Å². The Morgan fingerprint density at radius 1 is 1.24 bits per heavy atom. The summed E-state index contributed by atoms with van der Waals surface area (Å²) in [5.41, 5.74) is 5.96. The van der Waals surface area contributed by atoms with Crippen LogP contribution in [0.1, 0.15) is 44.3 Å². The first-order valence-corrected chi connectivity index (χ1v) is 8.34. The van der Waals surface area contributed by atoms with E-state index in [4.69, 9.17) is 5.73 Å². The summed E-state index contributed by atoms with van der Waals surface area (Å²) in [6.07, 6.45) is 0. The van der Waals surface area contributed by atoms with Gasteiger partial charge >= 0.3 is 0 Å². The van der Waals surface area contributed by atoms with E-state index in [-0.39, 0.29) is 5.91 Å². The molecule has 1 aromatic rings. The summed E-state index contributed by atoms with van der Waals surface area (Å²) < 4.78 is 0. The number of hydrogen-bond donors (Lipinski definition) is 1. The van der Waals surface area contributed by atoms with Gasteiger partial charge in [0.05, 0.1) is 0 Å². The first-order chi connectivity index (χ1) is 9.76. The lowest BCUT2D eigenvalue weighted by Crippen LogP contribution is -2.36. The zero-order valence-corrected chi connectivity index (χ0v) is 14.8. The van der Waals surface area contributed by atoms with E-state index in [1.165, 1.54) is 11.3 Å². The number of thiazole rings is 1. The van der Waals surface area contributed by atoms with Crippen LogP contribution in [0.4, 0.5) is 10.9 Å². The van der Waals surface area contributed by atoms with E-state index in [9.17, 15) is 4.79 Å². The molecule has 5 nitrogen and oxygen atoms in total. The Hall–Kier alpha value is -1.30. The molecule has 0 saturated heterocycles. The molecule has 1 amide bonds. The zero-order chi connectivity index (χ0) is 16.2. The molecule has 0 spiro atoms. The Morgan fingerprint density at radius 2 is 1.76 bits per heavy atom. The molecule has 0 saturated carbocycles. The van der Waals surface area contributed by atoms with Crippen LogP contribution >= 0.6 is 11.3 Å². The number of aromatic nitrogens is 1. The standard InChI is InChI=1S/C15H28N4OS/c1-7-18(6)15-17-13(16)12(21-15)14(20)19(8-10(2)3)9-11(4)5/h10-11H,7-9,16H2,1-6H3. The number of amides is 1. The van der Waals surface area contributed by atoms with E-state index in [0.29, 0.717) is 22.5 Å². The lowest BCUT2D eigenvalue weighted by atomic mass is 10.1. The third-order valence-corrected chi connectivity index (χ3v) is 4.27. The third kappa shape index (κ3) is 4.88. The van der Waals surface area contributed by atoms with Crippen molar-refractivity contribution in [1.29, 1.82) is 0 Å². The first-order valence-electron chi connectivity index (χ1n) is 7.52. The maximum Gasteiger partial charge on any atom is 0.267 e. The second kappa shape index (κ2) is 7.64. The summed E-state index contributed by atoms with van der Waals surface area (Å²) in [6.45, 7) is 12.8. The predicted molar refractivity (Wildman–Crippen MR) is 91.0 cm³/mol. The van der Waals surface area contributed by atoms with Crippen LogP contribution in [0.25, 0.3) is 0 Å². The largest absolute Gasteiger partial charge is 0.382 e. The van der Waals surface area contributed by atoms with Crippen LogP contribution < -0.4 is 10.6 Å². The molecule has 120 valence electrons. The van der Waals surface area contributed by atoms with Crippen LogP contribution in [0.15, 0.2) is 0 Å². The van der Waals surface area contributed by atoms with Gasteiger partial charge in [0.25, 0.3) is 5.91 Å². The lowest BCUT2D eigenvalue weighted by molar-refractivity contribution is 0.0721. The predicted octanol–water partition coefficient (Wildman–Crippen LogP) is 2.94. The van der Waals surface area contributed by atoms with E-state index in [1.54, 1.807) is 0 Å². The number of nitrogens with two attached hydrogens (primary N) is 1. The fraction of sp³-hybridized carbons (Fsp3) is 0.733. The number of anilines is 2. The van der Waals surface area contributed by atoms with Crippen molar-refractivity contribution in [3.05, 3.63) is 4.88 Å². The molecule has 0 atom stereocenters. The molecule has 0 aliphatic rings. The molecule has 2 N–H and O–H groups in total. The maximum absolute atomic E-state index is 12.8. The number of nitrogen functional groups attached to an aromatic ring is 1. The molecule has 21 heavy (non-hydrogen) atoms. The average molecular weight is 312 g/mol. The number of rotatable bonds is 7. The molecule has 0 radical (unpaired) electrons. The van der Waals surface area contributed by atoms with Crippen molar-refractivity contribution in [3.8, 4) is 0 Å². The van der Waals surface area contributed by atoms with Gasteiger partial charge in [-0.2, -0.15) is 0 Å². The molecule has 1 heterocycles. The summed E-state index contributed by atoms with van der Waals surface area (Å²) in [4.78, 5) is 21.5. The quantitative estimate of drug-likeness (QED) is 0.841. The number of carbonyl (C=O) groups is 1. The van der Waals surface area contributed by atoms with Gasteiger partial charge < -0.3 is 15.5 Å². The van der Waals surface area contributed by atoms with Crippen LogP contribution in [-0.4, -0.2) is 42.5 Å². The Kier molecular flexibility index (Phi) is 6.45. The van der Waals surface area contributed by atoms with E-state index in [2.05, 4.69) is 32.7 Å². The van der Waals surface area contributed by atoms with Crippen molar-refractivity contribution in [2.45, 2.75) is 34.6 Å². The van der Waals surface area contributed by atoms with Crippen molar-refractivity contribution < 1.29 is 4.79 Å². The van der Waals surface area contributed by atoms with Crippen molar-refractivity contribution in [3.63, 3.8) is 0 Å². The maximum atomic E-state index is 12.8. The van der Waals surface area contributed by atoms with E-state index in [0.717, 1.165) is 24.8 Å². The fourth-order valence-corrected chi connectivity index (χ4v) is 3.02. The molecule has 0 fully saturated rings. The first kappa shape index (κ1) is 17.8. The van der Waals surface area contributed by atoms with Crippen molar-refractivity contribution in [2.75, 3.05) is 37.3 Å². The van der Waals surface area contributed by atoms with Crippen LogP contribution in [-0.2, 0) is 0 Å². The highest BCUT2D eigenvalue weighted by atomic mass is 32.1. The summed E-state index contributed by atoms with van der Waals surface area (Å²) >= 11 is 1.38. The highest BCUT2D eigenvalue weighted by Crippen LogP contribution is 2.29. The highest BCUT2D eigenvalue weighted by molar-refractivity contribution is 7.18. The molecule has 0 aromatic carbocycles. The zero-order valence-electron chi connectivity index (χ0n) is 14.0. The smallest absolute Gasteiger partial charge is 0.267 e. The molecule has 6 heteroatoms. The van der Waals surface area contributed by atoms with Crippen LogP contribution in [0.2, 0.25) is 0 Å². The van der Waals surface area contributed by atoms with E-state index >= 15 is 0 Å². The van der Waals surface area contributed by atoms with Crippen LogP contribution in [0, 0.1) is 11.8 Å². The summed E-state index contributed by atoms with van der Waals surface area (Å²) in [5, 5.41) is 0.799. The van der Waals surface area contributed by atoms with E-state index in [1.807, 2.05) is 23.8 Å². The molecule has 0 aliphatic carbocycles. The van der Waals surface area contributed by atoms with Gasteiger partial charge in [0.1, 0.15) is 10.7 Å². The monoisotopic (exact) mass is 312 g/mol. The number of hydrogen-bond acceptors (Lipinski definition) is 5. The second-order valence-corrected chi connectivity index (χ2v) is 7.20. The molecule has 0 bridgehead atoms. The normalized spacial score (nSPS) is 11.2.